The van der Waals surface area contributed by atoms with E-state index in [9.17, 15) is 4.79 Å². The van der Waals surface area contributed by atoms with Crippen LogP contribution in [-0.4, -0.2) is 33.9 Å². The molecule has 0 bridgehead atoms. The van der Waals surface area contributed by atoms with Crippen molar-refractivity contribution in [3.63, 3.8) is 0 Å². The maximum Gasteiger partial charge on any atom is 0.229 e. The molecule has 5 nitrogen and oxygen atoms in total. The average molecular weight is 365 g/mol. The number of halogens is 2. The number of anilines is 1. The molecule has 1 atom stereocenters. The largest absolute Gasteiger partial charge is 0.310 e. The fraction of sp³-hybridized carbons (Fsp3) is 0.353. The first-order chi connectivity index (χ1) is 11.6. The third-order valence-electron chi connectivity index (χ3n) is 4.05. The molecule has 3 heterocycles. The number of carbonyl (C=O) groups is 1. The summed E-state index contributed by atoms with van der Waals surface area (Å²) in [5.41, 5.74) is 1.10. The minimum Gasteiger partial charge on any atom is -0.310 e. The quantitative estimate of drug-likeness (QED) is 0.841. The number of rotatable bonds is 4. The van der Waals surface area contributed by atoms with Crippen molar-refractivity contribution in [2.75, 3.05) is 18.4 Å². The maximum absolute atomic E-state index is 12.5. The summed E-state index contributed by atoms with van der Waals surface area (Å²) < 4.78 is 0. The van der Waals surface area contributed by atoms with Gasteiger partial charge in [0.1, 0.15) is 11.0 Å². The van der Waals surface area contributed by atoms with E-state index in [-0.39, 0.29) is 11.8 Å². The summed E-state index contributed by atoms with van der Waals surface area (Å²) in [6.45, 7) is 2.47. The van der Waals surface area contributed by atoms with Gasteiger partial charge in [0.2, 0.25) is 5.91 Å². The van der Waals surface area contributed by atoms with Crippen LogP contribution in [0.2, 0.25) is 10.2 Å². The molecular weight excluding hydrogens is 347 g/mol. The molecule has 24 heavy (non-hydrogen) atoms. The van der Waals surface area contributed by atoms with Crippen LogP contribution >= 0.6 is 23.2 Å². The molecule has 0 aromatic carbocycles. The summed E-state index contributed by atoms with van der Waals surface area (Å²) in [5.74, 6) is 0.490. The van der Waals surface area contributed by atoms with E-state index in [1.165, 1.54) is 6.20 Å². The standard InChI is InChI=1S/C17H18Cl2N4O/c18-14-4-6-16(21-9-14)22-17(24)13-2-1-7-23(11-13)10-12-3-5-15(19)20-8-12/h3-6,8-9,13H,1-2,7,10-11H2,(H,21,22,24). The average Bonchev–Trinajstić information content (AvgIpc) is 2.59. The molecule has 1 aliphatic rings. The summed E-state index contributed by atoms with van der Waals surface area (Å²) >= 11 is 11.6. The smallest absolute Gasteiger partial charge is 0.229 e. The summed E-state index contributed by atoms with van der Waals surface area (Å²) in [7, 11) is 0. The van der Waals surface area contributed by atoms with Crippen LogP contribution < -0.4 is 5.32 Å². The number of nitrogens with zero attached hydrogens (tertiary/aromatic N) is 3. The molecule has 7 heteroatoms. The van der Waals surface area contributed by atoms with Gasteiger partial charge in [-0.15, -0.1) is 0 Å². The van der Waals surface area contributed by atoms with Gasteiger partial charge >= 0.3 is 0 Å². The van der Waals surface area contributed by atoms with Crippen molar-refractivity contribution >= 4 is 34.9 Å². The van der Waals surface area contributed by atoms with Gasteiger partial charge in [-0.3, -0.25) is 9.69 Å². The third kappa shape index (κ3) is 4.66. The van der Waals surface area contributed by atoms with Crippen molar-refractivity contribution in [3.05, 3.63) is 52.4 Å². The van der Waals surface area contributed by atoms with Gasteiger partial charge in [-0.05, 0) is 43.1 Å². The zero-order valence-corrected chi connectivity index (χ0v) is 14.6. The molecule has 1 N–H and O–H groups in total. The molecule has 0 aliphatic carbocycles. The monoisotopic (exact) mass is 364 g/mol. The lowest BCUT2D eigenvalue weighted by atomic mass is 9.97. The Morgan fingerprint density at radius 3 is 2.79 bits per heavy atom. The first-order valence-corrected chi connectivity index (χ1v) is 8.61. The van der Waals surface area contributed by atoms with Gasteiger partial charge in [-0.25, -0.2) is 9.97 Å². The van der Waals surface area contributed by atoms with Crippen molar-refractivity contribution in [2.24, 2.45) is 5.92 Å². The summed E-state index contributed by atoms with van der Waals surface area (Å²) in [5, 5.41) is 3.91. The van der Waals surface area contributed by atoms with Crippen LogP contribution in [0.25, 0.3) is 0 Å². The Balaban J connectivity index is 1.57. The van der Waals surface area contributed by atoms with Gasteiger partial charge in [0, 0.05) is 25.5 Å². The van der Waals surface area contributed by atoms with E-state index >= 15 is 0 Å². The second kappa shape index (κ2) is 7.92. The highest BCUT2D eigenvalue weighted by atomic mass is 35.5. The van der Waals surface area contributed by atoms with E-state index in [4.69, 9.17) is 23.2 Å². The Hall–Kier alpha value is -1.69. The van der Waals surface area contributed by atoms with Crippen LogP contribution in [0.5, 0.6) is 0 Å². The number of aromatic nitrogens is 2. The number of likely N-dealkylation sites (tertiary alicyclic amines) is 1. The second-order valence-electron chi connectivity index (χ2n) is 5.91. The van der Waals surface area contributed by atoms with Crippen molar-refractivity contribution in [1.29, 1.82) is 0 Å². The topological polar surface area (TPSA) is 58.1 Å². The molecule has 0 spiro atoms. The van der Waals surface area contributed by atoms with Crippen LogP contribution in [-0.2, 0) is 11.3 Å². The van der Waals surface area contributed by atoms with Crippen molar-refractivity contribution in [1.82, 2.24) is 14.9 Å². The van der Waals surface area contributed by atoms with Crippen molar-refractivity contribution in [3.8, 4) is 0 Å². The van der Waals surface area contributed by atoms with E-state index in [1.807, 2.05) is 6.07 Å². The SMILES string of the molecule is O=C(Nc1ccc(Cl)cn1)C1CCCN(Cc2ccc(Cl)nc2)C1. The first-order valence-electron chi connectivity index (χ1n) is 7.85. The van der Waals surface area contributed by atoms with E-state index in [0.29, 0.717) is 16.0 Å². The lowest BCUT2D eigenvalue weighted by Crippen LogP contribution is -2.40. The molecule has 1 saturated heterocycles. The van der Waals surface area contributed by atoms with Gasteiger partial charge in [-0.2, -0.15) is 0 Å². The predicted octanol–water partition coefficient (Wildman–Crippen LogP) is 3.63. The Morgan fingerprint density at radius 2 is 2.08 bits per heavy atom. The molecule has 2 aromatic rings. The highest BCUT2D eigenvalue weighted by molar-refractivity contribution is 6.30. The lowest BCUT2D eigenvalue weighted by Gasteiger charge is -2.31. The van der Waals surface area contributed by atoms with Crippen molar-refractivity contribution in [2.45, 2.75) is 19.4 Å². The normalized spacial score (nSPS) is 18.3. The molecule has 1 unspecified atom stereocenters. The van der Waals surface area contributed by atoms with E-state index < -0.39 is 0 Å². The number of hydrogen-bond acceptors (Lipinski definition) is 4. The Kier molecular flexibility index (Phi) is 5.66. The zero-order chi connectivity index (χ0) is 16.9. The van der Waals surface area contributed by atoms with Crippen molar-refractivity contribution < 1.29 is 4.79 Å². The molecule has 1 fully saturated rings. The summed E-state index contributed by atoms with van der Waals surface area (Å²) in [6.07, 6.45) is 5.18. The minimum atomic E-state index is -0.0449. The Labute approximate surface area is 151 Å². The third-order valence-corrected chi connectivity index (χ3v) is 4.50. The van der Waals surface area contributed by atoms with Crippen LogP contribution in [0.3, 0.4) is 0 Å². The summed E-state index contributed by atoms with van der Waals surface area (Å²) in [6, 6.07) is 7.18. The fourth-order valence-corrected chi connectivity index (χ4v) is 3.07. The summed E-state index contributed by atoms with van der Waals surface area (Å²) in [4.78, 5) is 22.9. The first kappa shape index (κ1) is 17.1. The fourth-order valence-electron chi connectivity index (χ4n) is 2.85. The number of piperidine rings is 1. The highest BCUT2D eigenvalue weighted by Crippen LogP contribution is 2.20. The zero-order valence-electron chi connectivity index (χ0n) is 13.1. The number of carbonyl (C=O) groups excluding carboxylic acids is 1. The second-order valence-corrected chi connectivity index (χ2v) is 6.74. The van der Waals surface area contributed by atoms with Crippen LogP contribution in [0.1, 0.15) is 18.4 Å². The number of hydrogen-bond donors (Lipinski definition) is 1. The number of nitrogens with one attached hydrogen (secondary N) is 1. The minimum absolute atomic E-state index is 0.00348. The molecular formula is C17H18Cl2N4O. The Bertz CT molecular complexity index is 691. The van der Waals surface area contributed by atoms with E-state index in [0.717, 1.165) is 38.0 Å². The molecule has 126 valence electrons. The predicted molar refractivity (Wildman–Crippen MR) is 95.1 cm³/mol. The number of pyridine rings is 2. The van der Waals surface area contributed by atoms with Gasteiger partial charge in [0.25, 0.3) is 0 Å². The molecule has 2 aromatic heterocycles. The highest BCUT2D eigenvalue weighted by Gasteiger charge is 2.26. The van der Waals surface area contributed by atoms with Crippen LogP contribution in [0, 0.1) is 5.92 Å². The van der Waals surface area contributed by atoms with Crippen LogP contribution in [0.4, 0.5) is 5.82 Å². The molecule has 0 saturated carbocycles. The molecule has 1 amide bonds. The van der Waals surface area contributed by atoms with Gasteiger partial charge in [-0.1, -0.05) is 29.3 Å². The van der Waals surface area contributed by atoms with Gasteiger partial charge in [0.05, 0.1) is 10.9 Å². The Morgan fingerprint density at radius 1 is 1.21 bits per heavy atom. The molecule has 3 rings (SSSR count). The lowest BCUT2D eigenvalue weighted by molar-refractivity contribution is -0.121. The maximum atomic E-state index is 12.5. The van der Waals surface area contributed by atoms with Gasteiger partial charge < -0.3 is 5.32 Å². The molecule has 1 aliphatic heterocycles. The van der Waals surface area contributed by atoms with Crippen LogP contribution in [0.15, 0.2) is 36.7 Å². The van der Waals surface area contributed by atoms with Gasteiger partial charge in [0.15, 0.2) is 0 Å². The van der Waals surface area contributed by atoms with E-state index in [2.05, 4.69) is 20.2 Å². The number of amides is 1. The van der Waals surface area contributed by atoms with E-state index in [1.54, 1.807) is 24.4 Å². The molecule has 0 radical (unpaired) electrons.